The molecule has 2 heterocycles. The first-order chi connectivity index (χ1) is 9.11. The molecule has 7 heteroatoms. The predicted octanol–water partition coefficient (Wildman–Crippen LogP) is 1.75. The third kappa shape index (κ3) is 2.87. The Bertz CT molecular complexity index is 594. The minimum atomic E-state index is -0.416. The molecule has 2 aromatic rings. The molecule has 0 aromatic carbocycles. The van der Waals surface area contributed by atoms with Crippen molar-refractivity contribution < 1.29 is 4.92 Å². The van der Waals surface area contributed by atoms with Crippen molar-refractivity contribution in [2.24, 2.45) is 7.05 Å². The number of anilines is 1. The van der Waals surface area contributed by atoms with Crippen LogP contribution in [0.25, 0.3) is 0 Å². The molecule has 0 aliphatic heterocycles. The SMILES string of the molecule is CCNc1ccc([N+](=O)[O-])c(Cc2nccn2C)n1. The normalized spacial score (nSPS) is 10.4. The van der Waals surface area contributed by atoms with E-state index in [0.717, 1.165) is 5.82 Å². The molecule has 1 N–H and O–H groups in total. The summed E-state index contributed by atoms with van der Waals surface area (Å²) in [6.07, 6.45) is 3.80. The van der Waals surface area contributed by atoms with Crippen molar-refractivity contribution in [3.63, 3.8) is 0 Å². The summed E-state index contributed by atoms with van der Waals surface area (Å²) >= 11 is 0. The van der Waals surface area contributed by atoms with Gasteiger partial charge in [0.05, 0.1) is 11.3 Å². The van der Waals surface area contributed by atoms with Gasteiger partial charge in [0.2, 0.25) is 0 Å². The summed E-state index contributed by atoms with van der Waals surface area (Å²) in [6.45, 7) is 2.66. The van der Waals surface area contributed by atoms with Gasteiger partial charge in [-0.25, -0.2) is 9.97 Å². The lowest BCUT2D eigenvalue weighted by atomic mass is 10.2. The first-order valence-electron chi connectivity index (χ1n) is 5.96. The van der Waals surface area contributed by atoms with Crippen LogP contribution < -0.4 is 5.32 Å². The van der Waals surface area contributed by atoms with Crippen LogP contribution >= 0.6 is 0 Å². The highest BCUT2D eigenvalue weighted by atomic mass is 16.6. The molecule has 0 saturated carbocycles. The van der Waals surface area contributed by atoms with E-state index in [2.05, 4.69) is 15.3 Å². The van der Waals surface area contributed by atoms with E-state index in [0.29, 0.717) is 24.5 Å². The average molecular weight is 261 g/mol. The summed E-state index contributed by atoms with van der Waals surface area (Å²) in [5.74, 6) is 1.38. The van der Waals surface area contributed by atoms with Gasteiger partial charge in [-0.15, -0.1) is 0 Å². The molecule has 0 radical (unpaired) electrons. The van der Waals surface area contributed by atoms with Crippen LogP contribution in [-0.4, -0.2) is 26.0 Å². The van der Waals surface area contributed by atoms with E-state index < -0.39 is 4.92 Å². The molecule has 19 heavy (non-hydrogen) atoms. The van der Waals surface area contributed by atoms with Crippen molar-refractivity contribution in [3.8, 4) is 0 Å². The van der Waals surface area contributed by atoms with Crippen molar-refractivity contribution in [3.05, 3.63) is 46.2 Å². The molecule has 0 bridgehead atoms. The molecular weight excluding hydrogens is 246 g/mol. The third-order valence-electron chi connectivity index (χ3n) is 2.75. The zero-order valence-electron chi connectivity index (χ0n) is 10.8. The molecule has 0 saturated heterocycles. The van der Waals surface area contributed by atoms with Crippen LogP contribution in [0.4, 0.5) is 11.5 Å². The van der Waals surface area contributed by atoms with Crippen molar-refractivity contribution >= 4 is 11.5 Å². The standard InChI is InChI=1S/C12H15N5O2/c1-3-13-11-5-4-10(17(18)19)9(15-11)8-12-14-6-7-16(12)2/h4-7H,3,8H2,1-2H3,(H,13,15). The van der Waals surface area contributed by atoms with Gasteiger partial charge >= 0.3 is 0 Å². The van der Waals surface area contributed by atoms with E-state index in [1.54, 1.807) is 18.5 Å². The lowest BCUT2D eigenvalue weighted by molar-refractivity contribution is -0.385. The van der Waals surface area contributed by atoms with Gasteiger partial charge in [-0.2, -0.15) is 0 Å². The van der Waals surface area contributed by atoms with E-state index in [-0.39, 0.29) is 5.69 Å². The summed E-state index contributed by atoms with van der Waals surface area (Å²) in [5, 5.41) is 14.1. The summed E-state index contributed by atoms with van der Waals surface area (Å²) in [4.78, 5) is 19.1. The van der Waals surface area contributed by atoms with Crippen LogP contribution in [0, 0.1) is 10.1 Å². The number of rotatable bonds is 5. The number of nitro groups is 1. The van der Waals surface area contributed by atoms with E-state index >= 15 is 0 Å². The van der Waals surface area contributed by atoms with Crippen LogP contribution in [0.15, 0.2) is 24.5 Å². The summed E-state index contributed by atoms with van der Waals surface area (Å²) < 4.78 is 1.82. The number of nitrogens with zero attached hydrogens (tertiary/aromatic N) is 4. The molecule has 2 aromatic heterocycles. The van der Waals surface area contributed by atoms with Gasteiger partial charge < -0.3 is 9.88 Å². The molecule has 0 fully saturated rings. The Kier molecular flexibility index (Phi) is 3.74. The van der Waals surface area contributed by atoms with Crippen molar-refractivity contribution in [1.29, 1.82) is 0 Å². The summed E-state index contributed by atoms with van der Waals surface area (Å²) in [6, 6.07) is 3.09. The first-order valence-corrected chi connectivity index (χ1v) is 5.96. The van der Waals surface area contributed by atoms with Crippen LogP contribution in [0.5, 0.6) is 0 Å². The highest BCUT2D eigenvalue weighted by molar-refractivity contribution is 5.46. The summed E-state index contributed by atoms with van der Waals surface area (Å²) in [5.41, 5.74) is 0.433. The average Bonchev–Trinajstić information content (AvgIpc) is 2.75. The first kappa shape index (κ1) is 13.0. The Hall–Kier alpha value is -2.44. The topological polar surface area (TPSA) is 85.9 Å². The number of nitrogens with one attached hydrogen (secondary N) is 1. The number of pyridine rings is 1. The fourth-order valence-corrected chi connectivity index (χ4v) is 1.79. The van der Waals surface area contributed by atoms with Crippen LogP contribution in [0.3, 0.4) is 0 Å². The lowest BCUT2D eigenvalue weighted by Crippen LogP contribution is -2.07. The van der Waals surface area contributed by atoms with Crippen molar-refractivity contribution in [2.45, 2.75) is 13.3 Å². The maximum Gasteiger partial charge on any atom is 0.291 e. The molecule has 0 aliphatic rings. The number of aromatic nitrogens is 3. The van der Waals surface area contributed by atoms with E-state index in [1.165, 1.54) is 6.07 Å². The minimum Gasteiger partial charge on any atom is -0.370 e. The highest BCUT2D eigenvalue weighted by Crippen LogP contribution is 2.21. The van der Waals surface area contributed by atoms with Crippen molar-refractivity contribution in [2.75, 3.05) is 11.9 Å². The fraction of sp³-hybridized carbons (Fsp3) is 0.333. The minimum absolute atomic E-state index is 0.0182. The Morgan fingerprint density at radius 3 is 2.84 bits per heavy atom. The third-order valence-corrected chi connectivity index (χ3v) is 2.75. The van der Waals surface area contributed by atoms with E-state index in [4.69, 9.17) is 0 Å². The predicted molar refractivity (Wildman–Crippen MR) is 71.1 cm³/mol. The quantitative estimate of drug-likeness (QED) is 0.654. The second-order valence-corrected chi connectivity index (χ2v) is 4.08. The van der Waals surface area contributed by atoms with Gasteiger partial charge in [0.15, 0.2) is 0 Å². The van der Waals surface area contributed by atoms with Gasteiger partial charge in [0.25, 0.3) is 5.69 Å². The van der Waals surface area contributed by atoms with Gasteiger partial charge in [0, 0.05) is 32.1 Å². The highest BCUT2D eigenvalue weighted by Gasteiger charge is 2.17. The molecular formula is C12H15N5O2. The molecule has 7 nitrogen and oxygen atoms in total. The van der Waals surface area contributed by atoms with Gasteiger partial charge in [0.1, 0.15) is 17.3 Å². The van der Waals surface area contributed by atoms with Crippen molar-refractivity contribution in [1.82, 2.24) is 14.5 Å². The summed E-state index contributed by atoms with van der Waals surface area (Å²) in [7, 11) is 1.85. The largest absolute Gasteiger partial charge is 0.370 e. The molecule has 2 rings (SSSR count). The molecule has 100 valence electrons. The van der Waals surface area contributed by atoms with Crippen LogP contribution in [-0.2, 0) is 13.5 Å². The molecule has 0 aliphatic carbocycles. The Balaban J connectivity index is 2.37. The van der Waals surface area contributed by atoms with Crippen LogP contribution in [0.2, 0.25) is 0 Å². The smallest absolute Gasteiger partial charge is 0.291 e. The second kappa shape index (κ2) is 5.47. The van der Waals surface area contributed by atoms with Crippen LogP contribution in [0.1, 0.15) is 18.4 Å². The Labute approximate surface area is 110 Å². The van der Waals surface area contributed by atoms with E-state index in [9.17, 15) is 10.1 Å². The zero-order valence-corrected chi connectivity index (χ0v) is 10.8. The second-order valence-electron chi connectivity index (χ2n) is 4.08. The molecule has 0 atom stereocenters. The maximum atomic E-state index is 11.0. The van der Waals surface area contributed by atoms with Gasteiger partial charge in [-0.3, -0.25) is 10.1 Å². The van der Waals surface area contributed by atoms with Gasteiger partial charge in [-0.05, 0) is 13.0 Å². The number of aryl methyl sites for hydroxylation is 1. The number of hydrogen-bond donors (Lipinski definition) is 1. The number of imidazole rings is 1. The molecule has 0 unspecified atom stereocenters. The van der Waals surface area contributed by atoms with Gasteiger partial charge in [-0.1, -0.05) is 0 Å². The Morgan fingerprint density at radius 2 is 2.26 bits per heavy atom. The molecule has 0 amide bonds. The fourth-order valence-electron chi connectivity index (χ4n) is 1.79. The van der Waals surface area contributed by atoms with E-state index in [1.807, 2.05) is 18.5 Å². The molecule has 0 spiro atoms. The maximum absolute atomic E-state index is 11.0. The zero-order chi connectivity index (χ0) is 13.8. The lowest BCUT2D eigenvalue weighted by Gasteiger charge is -2.06. The Morgan fingerprint density at radius 1 is 1.47 bits per heavy atom. The number of hydrogen-bond acceptors (Lipinski definition) is 5. The monoisotopic (exact) mass is 261 g/mol.